The number of carbonyl (C=O) groups excluding carboxylic acids is 1. The van der Waals surface area contributed by atoms with Crippen molar-refractivity contribution in [1.82, 2.24) is 0 Å². The van der Waals surface area contributed by atoms with Gasteiger partial charge in [0.15, 0.2) is 0 Å². The molecular weight excluding hydrogens is 354 g/mol. The zero-order valence-corrected chi connectivity index (χ0v) is 16.2. The summed E-state index contributed by atoms with van der Waals surface area (Å²) in [5.41, 5.74) is 6.87. The molecule has 2 nitrogen and oxygen atoms in total. The highest BCUT2D eigenvalue weighted by Crippen LogP contribution is 2.42. The van der Waals surface area contributed by atoms with Crippen molar-refractivity contribution >= 4 is 29.9 Å². The Hall–Kier alpha value is -3.91. The first-order valence-electron chi connectivity index (χ1n) is 9.38. The van der Waals surface area contributed by atoms with Crippen LogP contribution in [0.3, 0.4) is 0 Å². The summed E-state index contributed by atoms with van der Waals surface area (Å²) in [6.07, 6.45) is 1.93. The minimum Gasteiger partial charge on any atom is -0.310 e. The fourth-order valence-electron chi connectivity index (χ4n) is 3.41. The smallest absolute Gasteiger partial charge is 0.106 e. The number of rotatable bonds is 5. The summed E-state index contributed by atoms with van der Waals surface area (Å²) in [7, 11) is 0. The highest BCUT2D eigenvalue weighted by molar-refractivity contribution is 5.92. The number of carbonyl (C=O) groups is 1. The van der Waals surface area contributed by atoms with Gasteiger partial charge in [0.1, 0.15) is 6.79 Å². The van der Waals surface area contributed by atoms with Gasteiger partial charge in [-0.15, -0.1) is 0 Å². The molecule has 0 aliphatic carbocycles. The Bertz CT molecular complexity index is 1000. The average molecular weight is 377 g/mol. The minimum absolute atomic E-state index is 1.12. The van der Waals surface area contributed by atoms with E-state index in [2.05, 4.69) is 102 Å². The van der Waals surface area contributed by atoms with Crippen molar-refractivity contribution in [2.75, 3.05) is 4.90 Å². The van der Waals surface area contributed by atoms with Gasteiger partial charge in [-0.3, -0.25) is 0 Å². The van der Waals surface area contributed by atoms with E-state index in [1.807, 2.05) is 31.1 Å². The van der Waals surface area contributed by atoms with Crippen LogP contribution in [0.5, 0.6) is 0 Å². The maximum Gasteiger partial charge on any atom is 0.106 e. The van der Waals surface area contributed by atoms with Gasteiger partial charge in [0.05, 0.1) is 5.69 Å². The molecule has 142 valence electrons. The van der Waals surface area contributed by atoms with Crippen LogP contribution in [0.15, 0.2) is 116 Å². The van der Waals surface area contributed by atoms with Gasteiger partial charge in [-0.2, -0.15) is 0 Å². The van der Waals surface area contributed by atoms with E-state index in [4.69, 9.17) is 4.79 Å². The van der Waals surface area contributed by atoms with Gasteiger partial charge in [0.25, 0.3) is 0 Å². The summed E-state index contributed by atoms with van der Waals surface area (Å²) >= 11 is 0. The van der Waals surface area contributed by atoms with Crippen LogP contribution < -0.4 is 4.90 Å². The molecular formula is C27H23NO. The lowest BCUT2D eigenvalue weighted by molar-refractivity contribution is -0.0979. The first-order chi connectivity index (χ1) is 14.4. The van der Waals surface area contributed by atoms with Crippen molar-refractivity contribution in [3.63, 3.8) is 0 Å². The fraction of sp³-hybridized carbons (Fsp3) is 0. The third kappa shape index (κ3) is 4.33. The van der Waals surface area contributed by atoms with Crippen LogP contribution in [0.1, 0.15) is 5.56 Å². The van der Waals surface area contributed by atoms with Crippen molar-refractivity contribution in [1.29, 1.82) is 0 Å². The van der Waals surface area contributed by atoms with Crippen molar-refractivity contribution in [3.05, 3.63) is 121 Å². The lowest BCUT2D eigenvalue weighted by atomic mass is 9.96. The zero-order chi connectivity index (χ0) is 20.5. The lowest BCUT2D eigenvalue weighted by Gasteiger charge is -2.28. The van der Waals surface area contributed by atoms with Crippen molar-refractivity contribution in [2.45, 2.75) is 0 Å². The van der Waals surface area contributed by atoms with Gasteiger partial charge in [0, 0.05) is 16.9 Å². The quantitative estimate of drug-likeness (QED) is 0.364. The summed E-state index contributed by atoms with van der Waals surface area (Å²) < 4.78 is 0. The molecule has 0 spiro atoms. The van der Waals surface area contributed by atoms with Crippen LogP contribution >= 0.6 is 0 Å². The Kier molecular flexibility index (Phi) is 6.75. The number of anilines is 3. The summed E-state index contributed by atoms with van der Waals surface area (Å²) in [5.74, 6) is 0. The predicted molar refractivity (Wildman–Crippen MR) is 124 cm³/mol. The van der Waals surface area contributed by atoms with Crippen LogP contribution in [-0.2, 0) is 4.79 Å². The van der Waals surface area contributed by atoms with Crippen LogP contribution in [0.2, 0.25) is 0 Å². The molecule has 0 fully saturated rings. The normalized spacial score (nSPS) is 9.79. The molecule has 0 aliphatic rings. The third-order valence-electron chi connectivity index (χ3n) is 4.63. The third-order valence-corrected chi connectivity index (χ3v) is 4.63. The number of hydrogen-bond donors (Lipinski definition) is 0. The molecule has 0 aliphatic heterocycles. The van der Waals surface area contributed by atoms with Gasteiger partial charge in [0.2, 0.25) is 0 Å². The first-order valence-corrected chi connectivity index (χ1v) is 9.38. The second kappa shape index (κ2) is 9.86. The maximum atomic E-state index is 8.00. The minimum atomic E-state index is 1.12. The number of nitrogens with zero attached hydrogens (tertiary/aromatic N) is 1. The highest BCUT2D eigenvalue weighted by Gasteiger charge is 2.18. The largest absolute Gasteiger partial charge is 0.310 e. The van der Waals surface area contributed by atoms with Gasteiger partial charge in [-0.25, -0.2) is 0 Å². The Balaban J connectivity index is 0.00000117. The Morgan fingerprint density at radius 1 is 0.586 bits per heavy atom. The second-order valence-corrected chi connectivity index (χ2v) is 6.32. The van der Waals surface area contributed by atoms with E-state index >= 15 is 0 Å². The molecule has 29 heavy (non-hydrogen) atoms. The Morgan fingerprint density at radius 3 is 1.55 bits per heavy atom. The Labute approximate surface area is 172 Å². The summed E-state index contributed by atoms with van der Waals surface area (Å²) in [6, 6.07) is 37.9. The average Bonchev–Trinajstić information content (AvgIpc) is 2.82. The van der Waals surface area contributed by atoms with Crippen LogP contribution in [0.4, 0.5) is 17.1 Å². The molecule has 0 amide bonds. The summed E-state index contributed by atoms with van der Waals surface area (Å²) in [5, 5.41) is 0. The van der Waals surface area contributed by atoms with Gasteiger partial charge in [-0.05, 0) is 41.5 Å². The molecule has 0 saturated heterocycles. The van der Waals surface area contributed by atoms with Crippen molar-refractivity contribution in [2.24, 2.45) is 0 Å². The summed E-state index contributed by atoms with van der Waals surface area (Å²) in [4.78, 5) is 10.3. The maximum absolute atomic E-state index is 8.00. The molecule has 0 aromatic heterocycles. The number of benzene rings is 4. The monoisotopic (exact) mass is 377 g/mol. The Morgan fingerprint density at radius 2 is 1.07 bits per heavy atom. The molecule has 0 saturated carbocycles. The van der Waals surface area contributed by atoms with Crippen molar-refractivity contribution in [3.8, 4) is 11.1 Å². The lowest BCUT2D eigenvalue weighted by Crippen LogP contribution is -2.11. The van der Waals surface area contributed by atoms with E-state index in [-0.39, 0.29) is 0 Å². The van der Waals surface area contributed by atoms with E-state index in [0.29, 0.717) is 0 Å². The fourth-order valence-corrected chi connectivity index (χ4v) is 3.41. The van der Waals surface area contributed by atoms with E-state index in [9.17, 15) is 0 Å². The van der Waals surface area contributed by atoms with Crippen molar-refractivity contribution < 1.29 is 4.79 Å². The predicted octanol–water partition coefficient (Wildman–Crippen LogP) is 7.28. The molecule has 4 rings (SSSR count). The van der Waals surface area contributed by atoms with Crippen LogP contribution in [-0.4, -0.2) is 6.79 Å². The van der Waals surface area contributed by atoms with Gasteiger partial charge in [-0.1, -0.05) is 91.5 Å². The van der Waals surface area contributed by atoms with E-state index < -0.39 is 0 Å². The SMILES string of the molecule is C=Cc1cccc(N(c2ccccc2)c2ccccc2)c1-c1ccccc1.C=O. The standard InChI is InChI=1S/C26H21N.CH2O/c1-2-21-15-12-20-25(26(21)22-13-6-3-7-14-22)27(23-16-8-4-9-17-23)24-18-10-5-11-19-24;1-2/h2-20H,1H2;1H2. The molecule has 0 bridgehead atoms. The van der Waals surface area contributed by atoms with E-state index in [1.165, 1.54) is 11.1 Å². The first kappa shape index (κ1) is 19.8. The zero-order valence-electron chi connectivity index (χ0n) is 16.2. The molecule has 0 radical (unpaired) electrons. The van der Waals surface area contributed by atoms with Crippen LogP contribution in [0, 0.1) is 0 Å². The van der Waals surface area contributed by atoms with Crippen LogP contribution in [0.25, 0.3) is 17.2 Å². The topological polar surface area (TPSA) is 20.3 Å². The molecule has 0 heterocycles. The molecule has 2 heteroatoms. The number of hydrogen-bond acceptors (Lipinski definition) is 2. The molecule has 4 aromatic carbocycles. The molecule has 0 atom stereocenters. The van der Waals surface area contributed by atoms with Gasteiger partial charge < -0.3 is 9.69 Å². The highest BCUT2D eigenvalue weighted by atomic mass is 16.1. The number of para-hydroxylation sites is 2. The molecule has 4 aromatic rings. The van der Waals surface area contributed by atoms with E-state index in [1.54, 1.807) is 0 Å². The molecule has 0 N–H and O–H groups in total. The molecule has 0 unspecified atom stereocenters. The summed E-state index contributed by atoms with van der Waals surface area (Å²) in [6.45, 7) is 6.04. The van der Waals surface area contributed by atoms with E-state index in [0.717, 1.165) is 22.6 Å². The second-order valence-electron chi connectivity index (χ2n) is 6.32. The van der Waals surface area contributed by atoms with Gasteiger partial charge >= 0.3 is 0 Å².